The Morgan fingerprint density at radius 2 is 1.63 bits per heavy atom. The van der Waals surface area contributed by atoms with Crippen LogP contribution in [0.5, 0.6) is 5.75 Å². The summed E-state index contributed by atoms with van der Waals surface area (Å²) in [5.41, 5.74) is 4.42. The standard InChI is InChI=1S/C24H20Cl2F3N3O3/c1-31-22-16(13-34)8-17(25)9-20(22)32(11-14-2-4-15(12-33)5-3-14)23(31)30-18-6-7-21(19(26)10-18)35-24(27,28)29/h2-10,33-34H,11-13H2,1H3. The maximum atomic E-state index is 12.6. The van der Waals surface area contributed by atoms with Gasteiger partial charge in [0.1, 0.15) is 5.75 Å². The summed E-state index contributed by atoms with van der Waals surface area (Å²) < 4.78 is 45.4. The highest BCUT2D eigenvalue weighted by molar-refractivity contribution is 6.32. The van der Waals surface area contributed by atoms with Crippen LogP contribution in [0.25, 0.3) is 11.0 Å². The van der Waals surface area contributed by atoms with Crippen molar-refractivity contribution in [3.05, 3.63) is 87.0 Å². The highest BCUT2D eigenvalue weighted by atomic mass is 35.5. The fourth-order valence-electron chi connectivity index (χ4n) is 3.85. The number of fused-ring (bicyclic) bond motifs is 1. The maximum absolute atomic E-state index is 12.6. The van der Waals surface area contributed by atoms with Crippen LogP contribution in [-0.2, 0) is 26.8 Å². The Kier molecular flexibility index (Phi) is 7.14. The molecule has 0 atom stereocenters. The van der Waals surface area contributed by atoms with Gasteiger partial charge >= 0.3 is 6.36 Å². The van der Waals surface area contributed by atoms with Gasteiger partial charge in [-0.1, -0.05) is 47.5 Å². The molecule has 4 aromatic rings. The number of nitrogens with zero attached hydrogens (tertiary/aromatic N) is 3. The van der Waals surface area contributed by atoms with Crippen LogP contribution in [0.2, 0.25) is 10.0 Å². The van der Waals surface area contributed by atoms with Gasteiger partial charge in [-0.05, 0) is 41.5 Å². The van der Waals surface area contributed by atoms with E-state index in [9.17, 15) is 23.4 Å². The highest BCUT2D eigenvalue weighted by Crippen LogP contribution is 2.33. The summed E-state index contributed by atoms with van der Waals surface area (Å²) in [5, 5.41) is 19.4. The molecule has 11 heteroatoms. The smallest absolute Gasteiger partial charge is 0.404 e. The second-order valence-corrected chi connectivity index (χ2v) is 8.63. The number of aromatic nitrogens is 2. The minimum absolute atomic E-state index is 0.0768. The van der Waals surface area contributed by atoms with E-state index in [1.54, 1.807) is 23.7 Å². The van der Waals surface area contributed by atoms with Crippen molar-refractivity contribution in [1.29, 1.82) is 0 Å². The second-order valence-electron chi connectivity index (χ2n) is 7.78. The lowest BCUT2D eigenvalue weighted by atomic mass is 10.1. The summed E-state index contributed by atoms with van der Waals surface area (Å²) >= 11 is 12.3. The third-order valence-electron chi connectivity index (χ3n) is 5.39. The van der Waals surface area contributed by atoms with Crippen LogP contribution in [0, 0.1) is 0 Å². The molecule has 4 rings (SSSR count). The van der Waals surface area contributed by atoms with Crippen molar-refractivity contribution >= 4 is 39.9 Å². The normalized spacial score (nSPS) is 12.5. The van der Waals surface area contributed by atoms with Crippen molar-refractivity contribution < 1.29 is 28.1 Å². The Balaban J connectivity index is 1.90. The minimum atomic E-state index is -4.87. The molecule has 2 N–H and O–H groups in total. The first-order valence-corrected chi connectivity index (χ1v) is 11.1. The molecule has 35 heavy (non-hydrogen) atoms. The molecule has 0 spiro atoms. The van der Waals surface area contributed by atoms with Crippen molar-refractivity contribution in [2.24, 2.45) is 12.0 Å². The third kappa shape index (κ3) is 5.48. The molecular weight excluding hydrogens is 506 g/mol. The van der Waals surface area contributed by atoms with E-state index >= 15 is 0 Å². The monoisotopic (exact) mass is 525 g/mol. The first kappa shape index (κ1) is 25.1. The van der Waals surface area contributed by atoms with E-state index < -0.39 is 12.1 Å². The summed E-state index contributed by atoms with van der Waals surface area (Å²) in [4.78, 5) is 4.65. The van der Waals surface area contributed by atoms with E-state index in [-0.39, 0.29) is 18.2 Å². The average Bonchev–Trinajstić information content (AvgIpc) is 3.05. The van der Waals surface area contributed by atoms with Gasteiger partial charge in [-0.3, -0.25) is 0 Å². The van der Waals surface area contributed by atoms with E-state index in [0.717, 1.165) is 17.2 Å². The maximum Gasteiger partial charge on any atom is 0.573 e. The molecule has 0 amide bonds. The van der Waals surface area contributed by atoms with Crippen molar-refractivity contribution in [3.8, 4) is 5.75 Å². The predicted molar refractivity (Wildman–Crippen MR) is 127 cm³/mol. The lowest BCUT2D eigenvalue weighted by Gasteiger charge is -2.10. The molecule has 0 saturated heterocycles. The van der Waals surface area contributed by atoms with Gasteiger partial charge in [0.05, 0.1) is 41.5 Å². The van der Waals surface area contributed by atoms with Crippen molar-refractivity contribution in [2.45, 2.75) is 26.1 Å². The summed E-state index contributed by atoms with van der Waals surface area (Å²) in [6.07, 6.45) is -4.87. The van der Waals surface area contributed by atoms with E-state index in [0.29, 0.717) is 39.5 Å². The molecule has 184 valence electrons. The number of hydrogen-bond acceptors (Lipinski definition) is 4. The van der Waals surface area contributed by atoms with Crippen LogP contribution in [-0.4, -0.2) is 25.7 Å². The van der Waals surface area contributed by atoms with Gasteiger partial charge in [-0.25, -0.2) is 4.99 Å². The SMILES string of the molecule is Cn1c(=Nc2ccc(OC(F)(F)F)c(Cl)c2)n(Cc2ccc(CO)cc2)c2cc(Cl)cc(CO)c21. The van der Waals surface area contributed by atoms with Gasteiger partial charge in [-0.2, -0.15) is 0 Å². The number of hydrogen-bond donors (Lipinski definition) is 2. The number of aliphatic hydroxyl groups excluding tert-OH is 2. The Bertz CT molecular complexity index is 1450. The Morgan fingerprint density at radius 3 is 2.23 bits per heavy atom. The zero-order valence-electron chi connectivity index (χ0n) is 18.4. The Morgan fingerprint density at radius 1 is 0.943 bits per heavy atom. The molecule has 0 unspecified atom stereocenters. The summed E-state index contributed by atoms with van der Waals surface area (Å²) in [5.74, 6) is -0.527. The van der Waals surface area contributed by atoms with E-state index in [4.69, 9.17) is 23.2 Å². The number of aliphatic hydroxyl groups is 2. The summed E-state index contributed by atoms with van der Waals surface area (Å²) in [6.45, 7) is 0.0392. The topological polar surface area (TPSA) is 71.9 Å². The fourth-order valence-corrected chi connectivity index (χ4v) is 4.30. The van der Waals surface area contributed by atoms with Gasteiger partial charge in [0, 0.05) is 17.6 Å². The number of ether oxygens (including phenoxy) is 1. The van der Waals surface area contributed by atoms with Crippen molar-refractivity contribution in [1.82, 2.24) is 9.13 Å². The first-order chi connectivity index (χ1) is 16.6. The van der Waals surface area contributed by atoms with E-state index in [1.165, 1.54) is 12.1 Å². The number of halogens is 5. The number of alkyl halides is 3. The van der Waals surface area contributed by atoms with Crippen LogP contribution in [0.15, 0.2) is 59.6 Å². The van der Waals surface area contributed by atoms with Crippen molar-refractivity contribution in [2.75, 3.05) is 0 Å². The lowest BCUT2D eigenvalue weighted by Crippen LogP contribution is -2.24. The van der Waals surface area contributed by atoms with Gasteiger partial charge in [0.25, 0.3) is 0 Å². The number of rotatable bonds is 6. The molecule has 1 aromatic heterocycles. The zero-order valence-corrected chi connectivity index (χ0v) is 19.9. The fraction of sp³-hybridized carbons (Fsp3) is 0.208. The van der Waals surface area contributed by atoms with Crippen LogP contribution in [0.1, 0.15) is 16.7 Å². The van der Waals surface area contributed by atoms with Gasteiger partial charge < -0.3 is 24.1 Å². The predicted octanol–water partition coefficient (Wildman–Crippen LogP) is 5.45. The quantitative estimate of drug-likeness (QED) is 0.351. The van der Waals surface area contributed by atoms with Gasteiger partial charge in [0.15, 0.2) is 0 Å². The molecule has 0 radical (unpaired) electrons. The van der Waals surface area contributed by atoms with Crippen molar-refractivity contribution in [3.63, 3.8) is 0 Å². The molecule has 6 nitrogen and oxygen atoms in total. The number of aryl methyl sites for hydroxylation is 1. The molecule has 0 aliphatic carbocycles. The highest BCUT2D eigenvalue weighted by Gasteiger charge is 2.32. The molecule has 0 fully saturated rings. The van der Waals surface area contributed by atoms with E-state index in [1.807, 2.05) is 28.8 Å². The Labute approximate surface area is 208 Å². The molecule has 3 aromatic carbocycles. The van der Waals surface area contributed by atoms with Crippen LogP contribution in [0.3, 0.4) is 0 Å². The van der Waals surface area contributed by atoms with Crippen LogP contribution >= 0.6 is 23.2 Å². The van der Waals surface area contributed by atoms with E-state index in [2.05, 4.69) is 9.73 Å². The summed E-state index contributed by atoms with van der Waals surface area (Å²) in [6, 6.07) is 14.5. The summed E-state index contributed by atoms with van der Waals surface area (Å²) in [7, 11) is 1.77. The molecule has 1 heterocycles. The molecular formula is C24H20Cl2F3N3O3. The number of benzene rings is 3. The molecule has 0 aliphatic rings. The minimum Gasteiger partial charge on any atom is -0.404 e. The second kappa shape index (κ2) is 9.94. The third-order valence-corrected chi connectivity index (χ3v) is 5.90. The van der Waals surface area contributed by atoms with Crippen LogP contribution < -0.4 is 10.4 Å². The molecule has 0 saturated carbocycles. The largest absolute Gasteiger partial charge is 0.573 e. The molecule has 0 bridgehead atoms. The van der Waals surface area contributed by atoms with Gasteiger partial charge in [-0.15, -0.1) is 13.2 Å². The first-order valence-electron chi connectivity index (χ1n) is 10.4. The Hall–Kier alpha value is -2.98. The van der Waals surface area contributed by atoms with Crippen LogP contribution in [0.4, 0.5) is 18.9 Å². The lowest BCUT2D eigenvalue weighted by molar-refractivity contribution is -0.274. The van der Waals surface area contributed by atoms with Gasteiger partial charge in [0.2, 0.25) is 5.62 Å². The zero-order chi connectivity index (χ0) is 25.3. The average molecular weight is 526 g/mol. The molecule has 0 aliphatic heterocycles. The number of imidazole rings is 1.